The van der Waals surface area contributed by atoms with Gasteiger partial charge in [0.2, 0.25) is 5.95 Å². The van der Waals surface area contributed by atoms with Crippen molar-refractivity contribution in [1.29, 1.82) is 0 Å². The maximum atomic E-state index is 13.6. The maximum absolute atomic E-state index is 13.6. The molecule has 0 amide bonds. The first-order chi connectivity index (χ1) is 17.1. The zero-order valence-electron chi connectivity index (χ0n) is 20.3. The van der Waals surface area contributed by atoms with Gasteiger partial charge in [0.05, 0.1) is 6.61 Å². The van der Waals surface area contributed by atoms with Crippen LogP contribution in [-0.4, -0.2) is 31.8 Å². The van der Waals surface area contributed by atoms with Crippen LogP contribution < -0.4 is 20.9 Å². The van der Waals surface area contributed by atoms with Crippen LogP contribution in [-0.2, 0) is 26.6 Å². The Labute approximate surface area is 204 Å². The average Bonchev–Trinajstić information content (AvgIpc) is 3.13. The molecule has 0 saturated heterocycles. The van der Waals surface area contributed by atoms with Crippen molar-refractivity contribution in [2.75, 3.05) is 18.1 Å². The molecule has 0 fully saturated rings. The summed E-state index contributed by atoms with van der Waals surface area (Å²) in [6, 6.07) is 18.1. The van der Waals surface area contributed by atoms with Gasteiger partial charge in [0, 0.05) is 32.4 Å². The fourth-order valence-corrected chi connectivity index (χ4v) is 4.83. The highest BCUT2D eigenvalue weighted by Gasteiger charge is 2.26. The van der Waals surface area contributed by atoms with Gasteiger partial charge in [0.1, 0.15) is 5.75 Å². The summed E-state index contributed by atoms with van der Waals surface area (Å²) in [6.45, 7) is 4.43. The van der Waals surface area contributed by atoms with E-state index >= 15 is 0 Å². The molecule has 0 radical (unpaired) electrons. The third kappa shape index (κ3) is 4.36. The van der Waals surface area contributed by atoms with Crippen LogP contribution in [0.4, 0.5) is 11.6 Å². The second-order valence-electron chi connectivity index (χ2n) is 8.91. The Kier molecular flexibility index (Phi) is 6.44. The molecule has 0 N–H and O–H groups in total. The van der Waals surface area contributed by atoms with E-state index in [1.807, 2.05) is 54.0 Å². The highest BCUT2D eigenvalue weighted by molar-refractivity contribution is 5.76. The van der Waals surface area contributed by atoms with Gasteiger partial charge in [0.25, 0.3) is 5.56 Å². The minimum atomic E-state index is -0.323. The summed E-state index contributed by atoms with van der Waals surface area (Å²) < 4.78 is 10.5. The van der Waals surface area contributed by atoms with E-state index in [-0.39, 0.29) is 11.2 Å². The standard InChI is InChI=1S/C27H31N5O3/c1-3-35-22-15-13-21(14-16-22)30-17-7-8-18-31-23-24(28-26(30)31)29(2)27(34)32(25(23)33)19-9-12-20-10-5-4-6-11-20/h4-6,10-11,13-16H,3,7-9,12,17-19H2,1-2H3. The van der Waals surface area contributed by atoms with Crippen molar-refractivity contribution < 1.29 is 4.74 Å². The first-order valence-electron chi connectivity index (χ1n) is 12.3. The third-order valence-corrected chi connectivity index (χ3v) is 6.62. The molecule has 35 heavy (non-hydrogen) atoms. The summed E-state index contributed by atoms with van der Waals surface area (Å²) in [5.74, 6) is 1.52. The molecule has 0 spiro atoms. The largest absolute Gasteiger partial charge is 0.494 e. The van der Waals surface area contributed by atoms with Crippen LogP contribution in [0, 0.1) is 0 Å². The molecule has 5 rings (SSSR count). The van der Waals surface area contributed by atoms with Gasteiger partial charge < -0.3 is 14.2 Å². The minimum absolute atomic E-state index is 0.261. The molecule has 3 heterocycles. The first-order valence-corrected chi connectivity index (χ1v) is 12.3. The van der Waals surface area contributed by atoms with Crippen molar-refractivity contribution in [3.63, 3.8) is 0 Å². The Morgan fingerprint density at radius 1 is 0.971 bits per heavy atom. The number of ether oxygens (including phenoxy) is 1. The Morgan fingerprint density at radius 3 is 2.46 bits per heavy atom. The Hall–Kier alpha value is -3.81. The zero-order chi connectivity index (χ0) is 24.4. The van der Waals surface area contributed by atoms with Crippen LogP contribution >= 0.6 is 0 Å². The summed E-state index contributed by atoms with van der Waals surface area (Å²) in [7, 11) is 1.70. The Balaban J connectivity index is 1.54. The van der Waals surface area contributed by atoms with E-state index in [0.717, 1.165) is 37.2 Å². The van der Waals surface area contributed by atoms with Crippen molar-refractivity contribution >= 4 is 22.8 Å². The Morgan fingerprint density at radius 2 is 1.71 bits per heavy atom. The summed E-state index contributed by atoms with van der Waals surface area (Å²) >= 11 is 0. The molecule has 8 nitrogen and oxygen atoms in total. The molecular formula is C27H31N5O3. The smallest absolute Gasteiger partial charge is 0.332 e. The van der Waals surface area contributed by atoms with Gasteiger partial charge in [-0.1, -0.05) is 30.3 Å². The lowest BCUT2D eigenvalue weighted by Crippen LogP contribution is -2.39. The van der Waals surface area contributed by atoms with Crippen LogP contribution in [0.5, 0.6) is 5.75 Å². The average molecular weight is 474 g/mol. The van der Waals surface area contributed by atoms with Gasteiger partial charge in [-0.05, 0) is 62.4 Å². The van der Waals surface area contributed by atoms with E-state index in [2.05, 4.69) is 17.0 Å². The lowest BCUT2D eigenvalue weighted by atomic mass is 10.1. The Bertz CT molecular complexity index is 1430. The van der Waals surface area contributed by atoms with E-state index in [1.165, 1.54) is 14.7 Å². The molecule has 2 aromatic carbocycles. The molecule has 182 valence electrons. The second kappa shape index (κ2) is 9.82. The normalized spacial score (nSPS) is 13.6. The highest BCUT2D eigenvalue weighted by atomic mass is 16.5. The number of aryl methyl sites for hydroxylation is 3. The number of hydrogen-bond acceptors (Lipinski definition) is 5. The van der Waals surface area contributed by atoms with Crippen LogP contribution in [0.15, 0.2) is 64.2 Å². The molecule has 1 aliphatic heterocycles. The van der Waals surface area contributed by atoms with Gasteiger partial charge >= 0.3 is 5.69 Å². The number of anilines is 2. The second-order valence-corrected chi connectivity index (χ2v) is 8.91. The van der Waals surface area contributed by atoms with Gasteiger partial charge in [-0.3, -0.25) is 13.9 Å². The molecule has 2 aromatic heterocycles. The topological polar surface area (TPSA) is 74.3 Å². The molecule has 1 aliphatic rings. The summed E-state index contributed by atoms with van der Waals surface area (Å²) in [6.07, 6.45) is 3.44. The SMILES string of the molecule is CCOc1ccc(N2CCCCn3c2nc2c3c(=O)n(CCCc3ccccc3)c(=O)n2C)cc1. The summed E-state index contributed by atoms with van der Waals surface area (Å²) in [5, 5.41) is 0. The summed E-state index contributed by atoms with van der Waals surface area (Å²) in [5.41, 5.74) is 2.54. The van der Waals surface area contributed by atoms with Crippen LogP contribution in [0.25, 0.3) is 11.2 Å². The lowest BCUT2D eigenvalue weighted by Gasteiger charge is -2.22. The third-order valence-electron chi connectivity index (χ3n) is 6.62. The molecule has 0 aliphatic carbocycles. The molecule has 0 saturated carbocycles. The number of imidazole rings is 1. The quantitative estimate of drug-likeness (QED) is 0.408. The molecule has 4 aromatic rings. The number of nitrogens with zero attached hydrogens (tertiary/aromatic N) is 5. The van der Waals surface area contributed by atoms with E-state index in [1.54, 1.807) is 7.05 Å². The monoisotopic (exact) mass is 473 g/mol. The van der Waals surface area contributed by atoms with Crippen LogP contribution in [0.1, 0.15) is 31.7 Å². The van der Waals surface area contributed by atoms with Crippen LogP contribution in [0.3, 0.4) is 0 Å². The maximum Gasteiger partial charge on any atom is 0.332 e. The van der Waals surface area contributed by atoms with Crippen molar-refractivity contribution in [3.8, 4) is 5.75 Å². The van der Waals surface area contributed by atoms with Crippen molar-refractivity contribution in [3.05, 3.63) is 81.0 Å². The molecular weight excluding hydrogens is 442 g/mol. The number of benzene rings is 2. The fraction of sp³-hybridized carbons (Fsp3) is 0.370. The number of hydrogen-bond donors (Lipinski definition) is 0. The van der Waals surface area contributed by atoms with E-state index in [0.29, 0.717) is 43.2 Å². The van der Waals surface area contributed by atoms with E-state index in [4.69, 9.17) is 9.72 Å². The number of aromatic nitrogens is 4. The van der Waals surface area contributed by atoms with Crippen LogP contribution in [0.2, 0.25) is 0 Å². The van der Waals surface area contributed by atoms with Gasteiger partial charge in [-0.2, -0.15) is 4.98 Å². The predicted molar refractivity (Wildman–Crippen MR) is 138 cm³/mol. The predicted octanol–water partition coefficient (Wildman–Crippen LogP) is 3.86. The molecule has 0 unspecified atom stereocenters. The minimum Gasteiger partial charge on any atom is -0.494 e. The zero-order valence-corrected chi connectivity index (χ0v) is 20.3. The van der Waals surface area contributed by atoms with Crippen molar-refractivity contribution in [2.45, 2.75) is 45.7 Å². The molecule has 8 heteroatoms. The summed E-state index contributed by atoms with van der Waals surface area (Å²) in [4.78, 5) is 33.7. The molecule has 0 atom stereocenters. The van der Waals surface area contributed by atoms with Gasteiger partial charge in [-0.15, -0.1) is 0 Å². The fourth-order valence-electron chi connectivity index (χ4n) is 4.83. The van der Waals surface area contributed by atoms with Crippen molar-refractivity contribution in [1.82, 2.24) is 18.7 Å². The van der Waals surface area contributed by atoms with Crippen molar-refractivity contribution in [2.24, 2.45) is 7.05 Å². The lowest BCUT2D eigenvalue weighted by molar-refractivity contribution is 0.340. The van der Waals surface area contributed by atoms with Gasteiger partial charge in [-0.25, -0.2) is 4.79 Å². The van der Waals surface area contributed by atoms with Gasteiger partial charge in [0.15, 0.2) is 11.2 Å². The number of rotatable bonds is 7. The first kappa shape index (κ1) is 23.0. The van der Waals surface area contributed by atoms with E-state index in [9.17, 15) is 9.59 Å². The van der Waals surface area contributed by atoms with E-state index < -0.39 is 0 Å². The number of fused-ring (bicyclic) bond motifs is 3. The highest BCUT2D eigenvalue weighted by Crippen LogP contribution is 2.31. The molecule has 0 bridgehead atoms.